The lowest BCUT2D eigenvalue weighted by Gasteiger charge is -2.29. The number of aliphatic hydroxyl groups excluding tert-OH is 1. The number of aliphatic hydroxyl groups is 1. The number of rotatable bonds is 4. The third-order valence-electron chi connectivity index (χ3n) is 2.98. The first kappa shape index (κ1) is 11.9. The third-order valence-corrected chi connectivity index (χ3v) is 2.98. The van der Waals surface area contributed by atoms with E-state index in [0.717, 1.165) is 19.4 Å². The molecule has 0 aromatic heterocycles. The van der Waals surface area contributed by atoms with E-state index in [1.54, 1.807) is 0 Å². The summed E-state index contributed by atoms with van der Waals surface area (Å²) in [5.41, 5.74) is 0. The largest absolute Gasteiger partial charge is 0.393 e. The molecule has 14 heavy (non-hydrogen) atoms. The Hall–Kier alpha value is -0.150. The van der Waals surface area contributed by atoms with Crippen molar-refractivity contribution >= 4 is 0 Å². The van der Waals surface area contributed by atoms with Gasteiger partial charge in [0.05, 0.1) is 6.10 Å². The van der Waals surface area contributed by atoms with Crippen LogP contribution in [-0.2, 0) is 0 Å². The molecule has 0 radical (unpaired) electrons. The minimum Gasteiger partial charge on any atom is -0.393 e. The molecule has 1 heterocycles. The topological polar surface area (TPSA) is 23.5 Å². The highest BCUT2D eigenvalue weighted by molar-refractivity contribution is 4.76. The average molecular weight is 203 g/mol. The van der Waals surface area contributed by atoms with E-state index >= 15 is 0 Å². The number of likely N-dealkylation sites (tertiary alicyclic amines) is 1. The molecule has 1 aliphatic heterocycles. The van der Waals surface area contributed by atoms with Crippen LogP contribution in [0.15, 0.2) is 0 Å². The van der Waals surface area contributed by atoms with Gasteiger partial charge in [-0.2, -0.15) is 0 Å². The van der Waals surface area contributed by atoms with Gasteiger partial charge in [0.1, 0.15) is 6.67 Å². The molecule has 0 spiro atoms. The monoisotopic (exact) mass is 203 g/mol. The summed E-state index contributed by atoms with van der Waals surface area (Å²) in [4.78, 5) is 2.21. The second kappa shape index (κ2) is 6.36. The Morgan fingerprint density at radius 2 is 2.21 bits per heavy atom. The Bertz CT molecular complexity index is 152. The van der Waals surface area contributed by atoms with Crippen LogP contribution in [0.5, 0.6) is 0 Å². The first-order valence-corrected chi connectivity index (χ1v) is 5.72. The van der Waals surface area contributed by atoms with Gasteiger partial charge in [-0.1, -0.05) is 12.8 Å². The lowest BCUT2D eigenvalue weighted by Crippen LogP contribution is -2.38. The molecule has 1 saturated heterocycles. The molecular formula is C11H22FNO. The minimum atomic E-state index is -0.268. The Balaban J connectivity index is 2.45. The molecular weight excluding hydrogens is 181 g/mol. The van der Waals surface area contributed by atoms with Crippen LogP contribution in [0.25, 0.3) is 0 Å². The van der Waals surface area contributed by atoms with Crippen molar-refractivity contribution in [2.24, 2.45) is 0 Å². The van der Waals surface area contributed by atoms with E-state index < -0.39 is 0 Å². The summed E-state index contributed by atoms with van der Waals surface area (Å²) < 4.78 is 12.3. The van der Waals surface area contributed by atoms with Crippen LogP contribution in [0.4, 0.5) is 4.39 Å². The molecule has 1 N–H and O–H groups in total. The second-order valence-electron chi connectivity index (χ2n) is 4.31. The maximum Gasteiger partial charge on any atom is 0.102 e. The number of alkyl halides is 1. The maximum absolute atomic E-state index is 12.3. The zero-order valence-electron chi connectivity index (χ0n) is 9.08. The van der Waals surface area contributed by atoms with Crippen molar-refractivity contribution in [2.45, 2.75) is 51.2 Å². The fraction of sp³-hybridized carbons (Fsp3) is 1.00. The van der Waals surface area contributed by atoms with Gasteiger partial charge in [0.15, 0.2) is 0 Å². The third kappa shape index (κ3) is 3.93. The molecule has 1 rings (SSSR count). The molecule has 1 aliphatic rings. The zero-order chi connectivity index (χ0) is 10.4. The van der Waals surface area contributed by atoms with Gasteiger partial charge in [-0.05, 0) is 32.7 Å². The van der Waals surface area contributed by atoms with Crippen molar-refractivity contribution in [2.75, 3.05) is 19.8 Å². The van der Waals surface area contributed by atoms with Gasteiger partial charge < -0.3 is 5.11 Å². The lowest BCUT2D eigenvalue weighted by atomic mass is 10.0. The van der Waals surface area contributed by atoms with E-state index in [1.807, 2.05) is 6.92 Å². The number of hydrogen-bond donors (Lipinski definition) is 1. The highest BCUT2D eigenvalue weighted by atomic mass is 19.1. The summed E-state index contributed by atoms with van der Waals surface area (Å²) >= 11 is 0. The van der Waals surface area contributed by atoms with Crippen LogP contribution in [0.2, 0.25) is 0 Å². The minimum absolute atomic E-state index is 0.264. The molecule has 0 amide bonds. The van der Waals surface area contributed by atoms with Crippen molar-refractivity contribution in [3.63, 3.8) is 0 Å². The van der Waals surface area contributed by atoms with Crippen LogP contribution in [0.1, 0.15) is 39.0 Å². The summed E-state index contributed by atoms with van der Waals surface area (Å²) in [6.45, 7) is 3.09. The van der Waals surface area contributed by atoms with Crippen molar-refractivity contribution in [1.82, 2.24) is 4.90 Å². The average Bonchev–Trinajstić information content (AvgIpc) is 2.32. The first-order valence-electron chi connectivity index (χ1n) is 5.72. The quantitative estimate of drug-likeness (QED) is 0.755. The molecule has 84 valence electrons. The number of hydrogen-bond acceptors (Lipinski definition) is 2. The van der Waals surface area contributed by atoms with E-state index in [2.05, 4.69) is 4.90 Å². The molecule has 2 atom stereocenters. The fourth-order valence-corrected chi connectivity index (χ4v) is 2.30. The smallest absolute Gasteiger partial charge is 0.102 e. The second-order valence-corrected chi connectivity index (χ2v) is 4.31. The van der Waals surface area contributed by atoms with Crippen molar-refractivity contribution in [3.05, 3.63) is 0 Å². The van der Waals surface area contributed by atoms with E-state index in [4.69, 9.17) is 0 Å². The van der Waals surface area contributed by atoms with Gasteiger partial charge in [-0.15, -0.1) is 0 Å². The highest BCUT2D eigenvalue weighted by Gasteiger charge is 2.21. The fourth-order valence-electron chi connectivity index (χ4n) is 2.30. The molecule has 1 fully saturated rings. The molecule has 0 aromatic carbocycles. The van der Waals surface area contributed by atoms with Gasteiger partial charge in [0.25, 0.3) is 0 Å². The molecule has 0 saturated carbocycles. The van der Waals surface area contributed by atoms with Gasteiger partial charge in [0.2, 0.25) is 0 Å². The SMILES string of the molecule is CC(O)CC1CCCCCN1CCF. The van der Waals surface area contributed by atoms with Crippen LogP contribution in [0.3, 0.4) is 0 Å². The van der Waals surface area contributed by atoms with Crippen LogP contribution < -0.4 is 0 Å². The Morgan fingerprint density at radius 3 is 2.86 bits per heavy atom. The predicted octanol–water partition coefficient (Wildman–Crippen LogP) is 1.97. The van der Waals surface area contributed by atoms with Crippen molar-refractivity contribution in [3.8, 4) is 0 Å². The normalized spacial score (nSPS) is 27.2. The molecule has 2 nitrogen and oxygen atoms in total. The van der Waals surface area contributed by atoms with E-state index in [1.165, 1.54) is 19.3 Å². The lowest BCUT2D eigenvalue weighted by molar-refractivity contribution is 0.108. The molecule has 0 aromatic rings. The van der Waals surface area contributed by atoms with Crippen LogP contribution >= 0.6 is 0 Å². The molecule has 0 bridgehead atoms. The van der Waals surface area contributed by atoms with Gasteiger partial charge >= 0.3 is 0 Å². The van der Waals surface area contributed by atoms with Crippen molar-refractivity contribution in [1.29, 1.82) is 0 Å². The summed E-state index contributed by atoms with van der Waals surface area (Å²) in [6, 6.07) is 0.397. The summed E-state index contributed by atoms with van der Waals surface area (Å²) in [7, 11) is 0. The predicted molar refractivity (Wildman–Crippen MR) is 56.1 cm³/mol. The van der Waals surface area contributed by atoms with E-state index in [0.29, 0.717) is 12.6 Å². The first-order chi connectivity index (χ1) is 6.74. The Morgan fingerprint density at radius 1 is 1.43 bits per heavy atom. The maximum atomic E-state index is 12.3. The Labute approximate surface area is 86.1 Å². The molecule has 2 unspecified atom stereocenters. The van der Waals surface area contributed by atoms with Gasteiger partial charge in [-0.3, -0.25) is 4.90 Å². The van der Waals surface area contributed by atoms with E-state index in [9.17, 15) is 9.50 Å². The van der Waals surface area contributed by atoms with Gasteiger partial charge in [-0.25, -0.2) is 4.39 Å². The number of nitrogens with zero attached hydrogens (tertiary/aromatic N) is 1. The Kier molecular flexibility index (Phi) is 5.41. The van der Waals surface area contributed by atoms with Crippen molar-refractivity contribution < 1.29 is 9.50 Å². The summed E-state index contributed by atoms with van der Waals surface area (Å²) in [5, 5.41) is 9.36. The van der Waals surface area contributed by atoms with Gasteiger partial charge in [0, 0.05) is 12.6 Å². The standard InChI is InChI=1S/C11H22FNO/c1-10(14)9-11-5-3-2-4-7-13(11)8-6-12/h10-11,14H,2-9H2,1H3. The van der Waals surface area contributed by atoms with E-state index in [-0.39, 0.29) is 12.8 Å². The summed E-state index contributed by atoms with van der Waals surface area (Å²) in [5.74, 6) is 0. The summed E-state index contributed by atoms with van der Waals surface area (Å²) in [6.07, 6.45) is 5.29. The molecule has 3 heteroatoms. The van der Waals surface area contributed by atoms with Crippen LogP contribution in [-0.4, -0.2) is 41.9 Å². The number of halogens is 1. The molecule has 0 aliphatic carbocycles. The highest BCUT2D eigenvalue weighted by Crippen LogP contribution is 2.20. The van der Waals surface area contributed by atoms with Crippen LogP contribution in [0, 0.1) is 0 Å². The zero-order valence-corrected chi connectivity index (χ0v) is 9.08.